The van der Waals surface area contributed by atoms with Crippen LogP contribution in [0.25, 0.3) is 10.9 Å². The quantitative estimate of drug-likeness (QED) is 0.845. The highest BCUT2D eigenvalue weighted by Gasteiger charge is 2.52. The van der Waals surface area contributed by atoms with E-state index in [9.17, 15) is 4.79 Å². The van der Waals surface area contributed by atoms with Gasteiger partial charge in [0.15, 0.2) is 0 Å². The first-order valence-corrected chi connectivity index (χ1v) is 8.96. The normalized spacial score (nSPS) is 21.7. The molecule has 0 atom stereocenters. The standard InChI is InChI=1S/C19H25BN2O3/c1-18(2)19(3,4)25-20(24-18)14-8-12(11-6-7-11)9-15-13(14)10-16(22-15)17(23)21-5/h8-11,22H,6-7H2,1-5H3,(H,21,23). The highest BCUT2D eigenvalue weighted by atomic mass is 16.7. The van der Waals surface area contributed by atoms with Crippen LogP contribution < -0.4 is 10.8 Å². The molecular weight excluding hydrogens is 315 g/mol. The van der Waals surface area contributed by atoms with Gasteiger partial charge in [0.2, 0.25) is 0 Å². The van der Waals surface area contributed by atoms with Crippen LogP contribution in [0.1, 0.15) is 62.5 Å². The van der Waals surface area contributed by atoms with Gasteiger partial charge in [-0.05, 0) is 75.0 Å². The van der Waals surface area contributed by atoms with Crippen LogP contribution in [0.2, 0.25) is 0 Å². The zero-order valence-corrected chi connectivity index (χ0v) is 15.5. The topological polar surface area (TPSA) is 63.4 Å². The maximum Gasteiger partial charge on any atom is 0.495 e. The summed E-state index contributed by atoms with van der Waals surface area (Å²) < 4.78 is 12.5. The first-order valence-electron chi connectivity index (χ1n) is 8.96. The van der Waals surface area contributed by atoms with Crippen LogP contribution in [-0.4, -0.2) is 36.3 Å². The van der Waals surface area contributed by atoms with Crippen LogP contribution in [0.4, 0.5) is 0 Å². The summed E-state index contributed by atoms with van der Waals surface area (Å²) in [6.07, 6.45) is 2.44. The molecule has 1 saturated heterocycles. The van der Waals surface area contributed by atoms with Crippen molar-refractivity contribution in [3.8, 4) is 0 Å². The monoisotopic (exact) mass is 340 g/mol. The predicted octanol–water partition coefficient (Wildman–Crippen LogP) is 2.70. The van der Waals surface area contributed by atoms with Gasteiger partial charge in [-0.25, -0.2) is 0 Å². The second kappa shape index (κ2) is 5.35. The summed E-state index contributed by atoms with van der Waals surface area (Å²) in [6.45, 7) is 8.23. The molecule has 1 aliphatic heterocycles. The molecular formula is C19H25BN2O3. The molecule has 1 aromatic carbocycles. The van der Waals surface area contributed by atoms with Gasteiger partial charge >= 0.3 is 7.12 Å². The lowest BCUT2D eigenvalue weighted by Crippen LogP contribution is -2.41. The van der Waals surface area contributed by atoms with Crippen LogP contribution in [0.5, 0.6) is 0 Å². The number of H-pyrrole nitrogens is 1. The van der Waals surface area contributed by atoms with Crippen molar-refractivity contribution in [2.24, 2.45) is 0 Å². The molecule has 25 heavy (non-hydrogen) atoms. The molecule has 2 heterocycles. The van der Waals surface area contributed by atoms with Crippen LogP contribution in [0.15, 0.2) is 18.2 Å². The van der Waals surface area contributed by atoms with E-state index in [1.165, 1.54) is 18.4 Å². The number of aromatic nitrogens is 1. The number of benzene rings is 1. The van der Waals surface area contributed by atoms with E-state index in [0.29, 0.717) is 11.6 Å². The zero-order valence-electron chi connectivity index (χ0n) is 15.5. The van der Waals surface area contributed by atoms with Crippen molar-refractivity contribution in [2.75, 3.05) is 7.05 Å². The van der Waals surface area contributed by atoms with E-state index in [2.05, 4.69) is 50.1 Å². The Morgan fingerprint density at radius 2 is 1.80 bits per heavy atom. The van der Waals surface area contributed by atoms with Crippen molar-refractivity contribution in [1.82, 2.24) is 10.3 Å². The average molecular weight is 340 g/mol. The fourth-order valence-electron chi connectivity index (χ4n) is 3.36. The predicted molar refractivity (Wildman–Crippen MR) is 99.4 cm³/mol. The Kier molecular flexibility index (Phi) is 3.57. The minimum atomic E-state index is -0.431. The summed E-state index contributed by atoms with van der Waals surface area (Å²) in [5.41, 5.74) is 3.04. The van der Waals surface area contributed by atoms with E-state index in [4.69, 9.17) is 9.31 Å². The second-order valence-corrected chi connectivity index (χ2v) is 8.20. The van der Waals surface area contributed by atoms with Crippen molar-refractivity contribution in [3.63, 3.8) is 0 Å². The Morgan fingerprint density at radius 3 is 2.36 bits per heavy atom. The number of nitrogens with one attached hydrogen (secondary N) is 2. The number of rotatable bonds is 3. The van der Waals surface area contributed by atoms with E-state index in [0.717, 1.165) is 16.4 Å². The Bertz CT molecular complexity index is 836. The van der Waals surface area contributed by atoms with Gasteiger partial charge in [-0.3, -0.25) is 4.79 Å². The maximum absolute atomic E-state index is 12.0. The fourth-order valence-corrected chi connectivity index (χ4v) is 3.36. The summed E-state index contributed by atoms with van der Waals surface area (Å²) in [4.78, 5) is 15.3. The molecule has 4 rings (SSSR count). The van der Waals surface area contributed by atoms with Crippen molar-refractivity contribution in [3.05, 3.63) is 29.5 Å². The Labute approximate surface area is 148 Å². The lowest BCUT2D eigenvalue weighted by atomic mass is 9.76. The molecule has 0 radical (unpaired) electrons. The molecule has 1 aliphatic carbocycles. The van der Waals surface area contributed by atoms with Gasteiger partial charge in [0.05, 0.1) is 11.2 Å². The lowest BCUT2D eigenvalue weighted by Gasteiger charge is -2.32. The number of aromatic amines is 1. The molecule has 2 N–H and O–H groups in total. The molecule has 1 amide bonds. The van der Waals surface area contributed by atoms with Crippen LogP contribution in [0, 0.1) is 0 Å². The summed E-state index contributed by atoms with van der Waals surface area (Å²) >= 11 is 0. The molecule has 132 valence electrons. The number of carbonyl (C=O) groups is 1. The van der Waals surface area contributed by atoms with E-state index < -0.39 is 7.12 Å². The summed E-state index contributed by atoms with van der Waals surface area (Å²) in [7, 11) is 1.21. The molecule has 0 unspecified atom stereocenters. The maximum atomic E-state index is 12.0. The molecule has 0 bridgehead atoms. The Morgan fingerprint density at radius 1 is 1.16 bits per heavy atom. The van der Waals surface area contributed by atoms with E-state index >= 15 is 0 Å². The third-order valence-electron chi connectivity index (χ3n) is 5.82. The van der Waals surface area contributed by atoms with Gasteiger partial charge in [0, 0.05) is 12.6 Å². The molecule has 5 nitrogen and oxygen atoms in total. The van der Waals surface area contributed by atoms with Gasteiger partial charge in [0.25, 0.3) is 5.91 Å². The minimum absolute atomic E-state index is 0.121. The van der Waals surface area contributed by atoms with Crippen LogP contribution in [0.3, 0.4) is 0 Å². The van der Waals surface area contributed by atoms with Gasteiger partial charge in [0.1, 0.15) is 5.69 Å². The van der Waals surface area contributed by atoms with Crippen LogP contribution in [-0.2, 0) is 9.31 Å². The molecule has 2 fully saturated rings. The van der Waals surface area contributed by atoms with Crippen molar-refractivity contribution >= 4 is 29.4 Å². The summed E-state index contributed by atoms with van der Waals surface area (Å²) in [5, 5.41) is 3.66. The molecule has 1 aromatic heterocycles. The smallest absolute Gasteiger partial charge is 0.399 e. The Hall–Kier alpha value is -1.79. The molecule has 1 saturated carbocycles. The number of hydrogen-bond acceptors (Lipinski definition) is 3. The van der Waals surface area contributed by atoms with Gasteiger partial charge < -0.3 is 19.6 Å². The van der Waals surface area contributed by atoms with E-state index in [1.807, 2.05) is 6.07 Å². The van der Waals surface area contributed by atoms with E-state index in [-0.39, 0.29) is 17.1 Å². The first-order chi connectivity index (χ1) is 11.7. The largest absolute Gasteiger partial charge is 0.495 e. The second-order valence-electron chi connectivity index (χ2n) is 8.20. The third kappa shape index (κ3) is 2.68. The SMILES string of the molecule is CNC(=O)c1cc2c(B3OC(C)(C)C(C)(C)O3)cc(C3CC3)cc2[nH]1. The molecule has 2 aromatic rings. The van der Waals surface area contributed by atoms with Crippen LogP contribution >= 0.6 is 0 Å². The van der Waals surface area contributed by atoms with Gasteiger partial charge in [-0.1, -0.05) is 6.07 Å². The lowest BCUT2D eigenvalue weighted by molar-refractivity contribution is 0.00578. The zero-order chi connectivity index (χ0) is 18.0. The summed E-state index contributed by atoms with van der Waals surface area (Å²) in [6, 6.07) is 6.25. The Balaban J connectivity index is 1.84. The molecule has 0 spiro atoms. The molecule has 6 heteroatoms. The highest BCUT2D eigenvalue weighted by molar-refractivity contribution is 6.65. The highest BCUT2D eigenvalue weighted by Crippen LogP contribution is 2.42. The first kappa shape index (κ1) is 16.7. The number of carbonyl (C=O) groups excluding carboxylic acids is 1. The number of amides is 1. The fraction of sp³-hybridized carbons (Fsp3) is 0.526. The van der Waals surface area contributed by atoms with Gasteiger partial charge in [-0.2, -0.15) is 0 Å². The van der Waals surface area contributed by atoms with Crippen molar-refractivity contribution in [1.29, 1.82) is 0 Å². The number of hydrogen-bond donors (Lipinski definition) is 2. The third-order valence-corrected chi connectivity index (χ3v) is 5.82. The van der Waals surface area contributed by atoms with Gasteiger partial charge in [-0.15, -0.1) is 0 Å². The average Bonchev–Trinajstić information content (AvgIpc) is 3.25. The minimum Gasteiger partial charge on any atom is -0.399 e. The van der Waals surface area contributed by atoms with Crippen molar-refractivity contribution < 1.29 is 14.1 Å². The summed E-state index contributed by atoms with van der Waals surface area (Å²) in [5.74, 6) is 0.487. The van der Waals surface area contributed by atoms with Crippen molar-refractivity contribution in [2.45, 2.75) is 57.7 Å². The number of fused-ring (bicyclic) bond motifs is 1. The molecule has 2 aliphatic rings. The van der Waals surface area contributed by atoms with E-state index in [1.54, 1.807) is 7.05 Å².